The molecule has 1 unspecified atom stereocenters. The van der Waals surface area contributed by atoms with Gasteiger partial charge in [-0.3, -0.25) is 0 Å². The third-order valence-corrected chi connectivity index (χ3v) is 3.98. The predicted molar refractivity (Wildman–Crippen MR) is 87.2 cm³/mol. The second-order valence-electron chi connectivity index (χ2n) is 4.25. The van der Waals surface area contributed by atoms with Crippen LogP contribution in [-0.2, 0) is 0 Å². The van der Waals surface area contributed by atoms with Crippen molar-refractivity contribution in [1.82, 2.24) is 15.2 Å². The van der Waals surface area contributed by atoms with E-state index in [-0.39, 0.29) is 6.10 Å². The van der Waals surface area contributed by atoms with E-state index in [0.717, 1.165) is 21.0 Å². The van der Waals surface area contributed by atoms with Crippen LogP contribution in [-0.4, -0.2) is 19.6 Å². The van der Waals surface area contributed by atoms with Crippen molar-refractivity contribution < 1.29 is 4.84 Å². The first-order chi connectivity index (χ1) is 9.78. The van der Waals surface area contributed by atoms with E-state index in [1.807, 2.05) is 48.5 Å². The van der Waals surface area contributed by atoms with Crippen molar-refractivity contribution in [3.63, 3.8) is 0 Å². The topological polar surface area (TPSA) is 39.9 Å². The monoisotopic (exact) mass is 399 g/mol. The van der Waals surface area contributed by atoms with Crippen LogP contribution in [0.15, 0.2) is 48.5 Å². The van der Waals surface area contributed by atoms with Gasteiger partial charge in [0.25, 0.3) is 0 Å². The van der Waals surface area contributed by atoms with Crippen molar-refractivity contribution in [3.05, 3.63) is 59.1 Å². The molecule has 0 saturated heterocycles. The van der Waals surface area contributed by atoms with Crippen LogP contribution in [0.3, 0.4) is 0 Å². The molecule has 1 heterocycles. The summed E-state index contributed by atoms with van der Waals surface area (Å²) < 4.78 is 0.799. The number of para-hydroxylation sites is 1. The van der Waals surface area contributed by atoms with Gasteiger partial charge in [-0.05, 0) is 35.0 Å². The Morgan fingerprint density at radius 1 is 1.15 bits per heavy atom. The molecule has 0 saturated carbocycles. The lowest BCUT2D eigenvalue weighted by Gasteiger charge is -2.16. The second-order valence-corrected chi connectivity index (χ2v) is 5.57. The third-order valence-electron chi connectivity index (χ3n) is 2.93. The zero-order chi connectivity index (χ0) is 13.9. The molecular formula is C14H11ClIN3O. The summed E-state index contributed by atoms with van der Waals surface area (Å²) in [5.74, 6) is 0. The summed E-state index contributed by atoms with van der Waals surface area (Å²) in [7, 11) is 0. The molecule has 4 nitrogen and oxygen atoms in total. The number of fused-ring (bicyclic) bond motifs is 1. The van der Waals surface area contributed by atoms with Crippen molar-refractivity contribution in [2.75, 3.05) is 4.43 Å². The van der Waals surface area contributed by atoms with E-state index < -0.39 is 0 Å². The number of alkyl halides is 1. The molecule has 0 fully saturated rings. The molecule has 0 N–H and O–H groups in total. The summed E-state index contributed by atoms with van der Waals surface area (Å²) in [5.41, 5.74) is 2.73. The summed E-state index contributed by atoms with van der Waals surface area (Å²) in [6.07, 6.45) is -0.0991. The Kier molecular flexibility index (Phi) is 4.07. The average Bonchev–Trinajstić information content (AvgIpc) is 2.89. The Labute approximate surface area is 134 Å². The van der Waals surface area contributed by atoms with Gasteiger partial charge < -0.3 is 4.84 Å². The van der Waals surface area contributed by atoms with Gasteiger partial charge in [0.05, 0.1) is 0 Å². The van der Waals surface area contributed by atoms with Gasteiger partial charge in [-0.15, -0.1) is 5.10 Å². The molecule has 2 aromatic carbocycles. The van der Waals surface area contributed by atoms with E-state index >= 15 is 0 Å². The van der Waals surface area contributed by atoms with Crippen LogP contribution in [0.4, 0.5) is 0 Å². The number of hydrogen-bond acceptors (Lipinski definition) is 3. The van der Waals surface area contributed by atoms with Crippen LogP contribution < -0.4 is 4.84 Å². The molecule has 1 atom stereocenters. The molecule has 0 aliphatic carbocycles. The molecule has 6 heteroatoms. The summed E-state index contributed by atoms with van der Waals surface area (Å²) in [4.78, 5) is 7.41. The fourth-order valence-electron chi connectivity index (χ4n) is 1.90. The zero-order valence-electron chi connectivity index (χ0n) is 10.4. The quantitative estimate of drug-likeness (QED) is 0.496. The Balaban J connectivity index is 1.89. The molecule has 3 aromatic rings. The van der Waals surface area contributed by atoms with E-state index in [0.29, 0.717) is 5.02 Å². The van der Waals surface area contributed by atoms with Gasteiger partial charge in [0.15, 0.2) is 6.10 Å². The Morgan fingerprint density at radius 2 is 1.90 bits per heavy atom. The molecule has 102 valence electrons. The van der Waals surface area contributed by atoms with Gasteiger partial charge in [-0.25, -0.2) is 0 Å². The van der Waals surface area contributed by atoms with Gasteiger partial charge in [0.1, 0.15) is 11.0 Å². The van der Waals surface area contributed by atoms with Crippen LogP contribution in [0.1, 0.15) is 11.7 Å². The van der Waals surface area contributed by atoms with Crippen molar-refractivity contribution in [2.45, 2.75) is 6.10 Å². The SMILES string of the molecule is Clc1ccc(C(CI)On2nnc3ccccc32)cc1. The molecule has 3 rings (SSSR count). The molecule has 0 spiro atoms. The summed E-state index contributed by atoms with van der Waals surface area (Å²) in [6, 6.07) is 15.3. The summed E-state index contributed by atoms with van der Waals surface area (Å²) >= 11 is 8.20. The minimum Gasteiger partial charge on any atom is -0.386 e. The van der Waals surface area contributed by atoms with E-state index in [4.69, 9.17) is 16.4 Å². The van der Waals surface area contributed by atoms with Crippen LogP contribution in [0.2, 0.25) is 5.02 Å². The van der Waals surface area contributed by atoms with Gasteiger partial charge >= 0.3 is 0 Å². The minimum absolute atomic E-state index is 0.0991. The highest BCUT2D eigenvalue weighted by Gasteiger charge is 2.14. The fraction of sp³-hybridized carbons (Fsp3) is 0.143. The van der Waals surface area contributed by atoms with Gasteiger partial charge in [0, 0.05) is 9.45 Å². The molecule has 20 heavy (non-hydrogen) atoms. The number of nitrogens with zero attached hydrogens (tertiary/aromatic N) is 3. The maximum atomic E-state index is 5.94. The number of hydrogen-bond donors (Lipinski definition) is 0. The lowest BCUT2D eigenvalue weighted by atomic mass is 10.1. The maximum Gasteiger partial charge on any atom is 0.161 e. The molecule has 0 amide bonds. The van der Waals surface area contributed by atoms with E-state index in [1.165, 1.54) is 4.85 Å². The standard InChI is InChI=1S/C14H11ClIN3O/c15-11-7-5-10(6-8-11)14(9-16)20-19-13-4-2-1-3-12(13)17-18-19/h1-8,14H,9H2. The molecule has 0 radical (unpaired) electrons. The molecule has 0 aliphatic rings. The second kappa shape index (κ2) is 5.97. The first-order valence-electron chi connectivity index (χ1n) is 6.07. The molecular weight excluding hydrogens is 389 g/mol. The molecule has 0 aliphatic heterocycles. The lowest BCUT2D eigenvalue weighted by molar-refractivity contribution is 0.0337. The number of rotatable bonds is 4. The van der Waals surface area contributed by atoms with E-state index in [9.17, 15) is 0 Å². The highest BCUT2D eigenvalue weighted by molar-refractivity contribution is 14.1. The largest absolute Gasteiger partial charge is 0.386 e. The average molecular weight is 400 g/mol. The highest BCUT2D eigenvalue weighted by Crippen LogP contribution is 2.21. The maximum absolute atomic E-state index is 5.94. The van der Waals surface area contributed by atoms with Crippen molar-refractivity contribution in [3.8, 4) is 0 Å². The first kappa shape index (κ1) is 13.6. The third kappa shape index (κ3) is 2.73. The zero-order valence-corrected chi connectivity index (χ0v) is 13.3. The number of halogens is 2. The van der Waals surface area contributed by atoms with Crippen LogP contribution in [0, 0.1) is 0 Å². The Morgan fingerprint density at radius 3 is 2.65 bits per heavy atom. The van der Waals surface area contributed by atoms with Crippen molar-refractivity contribution >= 4 is 45.2 Å². The summed E-state index contributed by atoms with van der Waals surface area (Å²) in [6.45, 7) is 0. The van der Waals surface area contributed by atoms with E-state index in [2.05, 4.69) is 32.9 Å². The van der Waals surface area contributed by atoms with Crippen molar-refractivity contribution in [1.29, 1.82) is 0 Å². The Bertz CT molecular complexity index is 714. The van der Waals surface area contributed by atoms with Gasteiger partial charge in [0.2, 0.25) is 0 Å². The first-order valence-corrected chi connectivity index (χ1v) is 7.97. The van der Waals surface area contributed by atoms with Gasteiger partial charge in [-0.1, -0.05) is 63.3 Å². The minimum atomic E-state index is -0.0991. The van der Waals surface area contributed by atoms with Crippen LogP contribution >= 0.6 is 34.2 Å². The molecule has 0 bridgehead atoms. The fourth-order valence-corrected chi connectivity index (χ4v) is 2.70. The highest BCUT2D eigenvalue weighted by atomic mass is 127. The lowest BCUT2D eigenvalue weighted by Crippen LogP contribution is -2.20. The van der Waals surface area contributed by atoms with E-state index in [1.54, 1.807) is 0 Å². The Hall–Kier alpha value is -1.34. The van der Waals surface area contributed by atoms with Gasteiger partial charge in [-0.2, -0.15) is 0 Å². The van der Waals surface area contributed by atoms with Crippen LogP contribution in [0.25, 0.3) is 11.0 Å². The number of benzene rings is 2. The number of aromatic nitrogens is 3. The smallest absolute Gasteiger partial charge is 0.161 e. The summed E-state index contributed by atoms with van der Waals surface area (Å²) in [5, 5.41) is 8.83. The van der Waals surface area contributed by atoms with Crippen LogP contribution in [0.5, 0.6) is 0 Å². The normalized spacial score (nSPS) is 12.5. The molecule has 1 aromatic heterocycles. The van der Waals surface area contributed by atoms with Crippen molar-refractivity contribution in [2.24, 2.45) is 0 Å². The predicted octanol–water partition coefficient (Wildman–Crippen LogP) is 3.69.